The summed E-state index contributed by atoms with van der Waals surface area (Å²) >= 11 is 1.60. The highest BCUT2D eigenvalue weighted by Gasteiger charge is 2.36. The van der Waals surface area contributed by atoms with E-state index in [1.165, 1.54) is 12.8 Å². The van der Waals surface area contributed by atoms with Crippen molar-refractivity contribution in [2.75, 3.05) is 63.8 Å². The van der Waals surface area contributed by atoms with E-state index in [9.17, 15) is 4.79 Å². The van der Waals surface area contributed by atoms with Crippen molar-refractivity contribution in [2.45, 2.75) is 50.5 Å². The second kappa shape index (κ2) is 12.6. The van der Waals surface area contributed by atoms with Gasteiger partial charge in [-0.15, -0.1) is 11.3 Å². The van der Waals surface area contributed by atoms with Gasteiger partial charge in [-0.25, -0.2) is 4.98 Å². The summed E-state index contributed by atoms with van der Waals surface area (Å²) in [5.41, 5.74) is 3.86. The molecule has 1 amide bonds. The lowest BCUT2D eigenvalue weighted by atomic mass is 10.0. The number of ether oxygens (including phenoxy) is 3. The number of thiazole rings is 1. The lowest BCUT2D eigenvalue weighted by Gasteiger charge is -2.37. The van der Waals surface area contributed by atoms with Gasteiger partial charge in [0.1, 0.15) is 0 Å². The number of amides is 1. The number of carbonyl (C=O) groups excluding carboxylic acids is 1. The Morgan fingerprint density at radius 1 is 1.26 bits per heavy atom. The molecule has 0 unspecified atom stereocenters. The van der Waals surface area contributed by atoms with Crippen LogP contribution in [0, 0.1) is 0 Å². The minimum atomic E-state index is -0.137. The summed E-state index contributed by atoms with van der Waals surface area (Å²) in [6.45, 7) is 9.41. The lowest BCUT2D eigenvalue weighted by Crippen LogP contribution is -2.47. The van der Waals surface area contributed by atoms with Crippen LogP contribution in [0.4, 0.5) is 10.8 Å². The van der Waals surface area contributed by atoms with Gasteiger partial charge in [-0.05, 0) is 43.4 Å². The molecule has 1 saturated carbocycles. The van der Waals surface area contributed by atoms with Crippen molar-refractivity contribution in [1.29, 1.82) is 0 Å². The Bertz CT molecular complexity index is 1120. The van der Waals surface area contributed by atoms with Gasteiger partial charge in [-0.3, -0.25) is 9.69 Å². The Hall–Kier alpha value is -2.50. The van der Waals surface area contributed by atoms with E-state index in [-0.39, 0.29) is 12.0 Å². The number of benzene rings is 1. The van der Waals surface area contributed by atoms with Crippen LogP contribution in [0.2, 0.25) is 0 Å². The molecule has 2 aromatic rings. The van der Waals surface area contributed by atoms with Gasteiger partial charge in [0, 0.05) is 58.4 Å². The summed E-state index contributed by atoms with van der Waals surface area (Å²) in [6, 6.07) is 6.55. The zero-order valence-corrected chi connectivity index (χ0v) is 23.2. The quantitative estimate of drug-likeness (QED) is 0.418. The van der Waals surface area contributed by atoms with E-state index >= 15 is 0 Å². The van der Waals surface area contributed by atoms with Crippen molar-refractivity contribution in [2.24, 2.45) is 0 Å². The number of aromatic nitrogens is 1. The van der Waals surface area contributed by atoms with Gasteiger partial charge in [-0.2, -0.15) is 0 Å². The lowest BCUT2D eigenvalue weighted by molar-refractivity contribution is -0.0588. The van der Waals surface area contributed by atoms with E-state index in [0.717, 1.165) is 62.0 Å². The molecule has 0 radical (unpaired) electrons. The summed E-state index contributed by atoms with van der Waals surface area (Å²) in [7, 11) is 3.38. The van der Waals surface area contributed by atoms with E-state index in [2.05, 4.69) is 33.1 Å². The average Bonchev–Trinajstić information content (AvgIpc) is 3.70. The van der Waals surface area contributed by atoms with E-state index < -0.39 is 0 Å². The SMILES string of the molecule is C=C(Nc1ccc(CN2CCO[C@@H]3CCC[C@@H]32)cc1C(=O)NCCOC)c1csc(N2CC[C@H](OC)C2)n1. The molecular formula is C28H39N5O4S. The van der Waals surface area contributed by atoms with Crippen LogP contribution < -0.4 is 15.5 Å². The molecule has 9 nitrogen and oxygen atoms in total. The van der Waals surface area contributed by atoms with Crippen molar-refractivity contribution in [1.82, 2.24) is 15.2 Å². The Labute approximate surface area is 229 Å². The Kier molecular flexibility index (Phi) is 8.96. The van der Waals surface area contributed by atoms with Gasteiger partial charge in [0.15, 0.2) is 5.13 Å². The standard InChI is InChI=1S/C28H39N5O4S/c1-19(24-18-38-28(31-24)33-11-9-21(17-33)36-3)30-23-8-7-20(15-22(23)27(34)29-10-13-35-2)16-32-12-14-37-26-6-4-5-25(26)32/h7-8,15,18,21,25-26,30H,1,4-6,9-14,16-17H2,2-3H3,(H,29,34)/t21-,25-,26+/m0/s1. The van der Waals surface area contributed by atoms with Gasteiger partial charge in [0.2, 0.25) is 0 Å². The van der Waals surface area contributed by atoms with Crippen molar-refractivity contribution in [3.05, 3.63) is 47.0 Å². The van der Waals surface area contributed by atoms with Crippen LogP contribution in [-0.2, 0) is 20.8 Å². The fourth-order valence-corrected chi connectivity index (χ4v) is 6.53. The number of rotatable bonds is 11. The third kappa shape index (κ3) is 6.21. The topological polar surface area (TPSA) is 88.2 Å². The van der Waals surface area contributed by atoms with Crippen LogP contribution in [0.1, 0.15) is 47.3 Å². The van der Waals surface area contributed by atoms with Crippen molar-refractivity contribution in [3.8, 4) is 0 Å². The summed E-state index contributed by atoms with van der Waals surface area (Å²) in [5, 5.41) is 9.32. The predicted octanol–water partition coefficient (Wildman–Crippen LogP) is 3.58. The molecule has 2 aliphatic heterocycles. The first-order valence-corrected chi connectivity index (χ1v) is 14.4. The molecule has 1 aliphatic carbocycles. The second-order valence-electron chi connectivity index (χ2n) is 10.2. The maximum absolute atomic E-state index is 13.2. The first-order chi connectivity index (χ1) is 18.6. The molecule has 10 heteroatoms. The fraction of sp³-hybridized carbons (Fsp3) is 0.571. The van der Waals surface area contributed by atoms with Crippen LogP contribution in [0.15, 0.2) is 30.2 Å². The van der Waals surface area contributed by atoms with Gasteiger partial charge in [0.25, 0.3) is 5.91 Å². The molecule has 1 aromatic carbocycles. The molecule has 0 spiro atoms. The number of nitrogens with one attached hydrogen (secondary N) is 2. The maximum atomic E-state index is 13.2. The van der Waals surface area contributed by atoms with Crippen molar-refractivity contribution < 1.29 is 19.0 Å². The number of nitrogens with zero attached hydrogens (tertiary/aromatic N) is 3. The monoisotopic (exact) mass is 541 g/mol. The first kappa shape index (κ1) is 27.1. The molecule has 2 N–H and O–H groups in total. The molecule has 3 aliphatic rings. The summed E-state index contributed by atoms with van der Waals surface area (Å²) in [4.78, 5) is 22.8. The molecule has 38 heavy (non-hydrogen) atoms. The molecule has 206 valence electrons. The second-order valence-corrected chi connectivity index (χ2v) is 11.1. The van der Waals surface area contributed by atoms with Gasteiger partial charge in [-0.1, -0.05) is 12.6 Å². The van der Waals surface area contributed by atoms with Gasteiger partial charge >= 0.3 is 0 Å². The number of methoxy groups -OCH3 is 2. The van der Waals surface area contributed by atoms with E-state index in [4.69, 9.17) is 19.2 Å². The largest absolute Gasteiger partial charge is 0.383 e. The molecule has 0 bridgehead atoms. The predicted molar refractivity (Wildman–Crippen MR) is 151 cm³/mol. The molecule has 3 fully saturated rings. The third-order valence-electron chi connectivity index (χ3n) is 7.74. The van der Waals surface area contributed by atoms with E-state index in [1.807, 2.05) is 17.5 Å². The number of carbonyl (C=O) groups is 1. The normalized spacial score (nSPS) is 23.4. The van der Waals surface area contributed by atoms with Gasteiger partial charge in [0.05, 0.1) is 48.1 Å². The Morgan fingerprint density at radius 3 is 2.97 bits per heavy atom. The number of anilines is 2. The molecule has 1 aromatic heterocycles. The highest BCUT2D eigenvalue weighted by atomic mass is 32.1. The van der Waals surface area contributed by atoms with Crippen molar-refractivity contribution >= 4 is 33.8 Å². The third-order valence-corrected chi connectivity index (χ3v) is 8.64. The first-order valence-electron chi connectivity index (χ1n) is 13.5. The molecule has 5 rings (SSSR count). The van der Waals surface area contributed by atoms with Crippen LogP contribution in [-0.4, -0.2) is 87.7 Å². The zero-order chi connectivity index (χ0) is 26.5. The molecule has 2 saturated heterocycles. The number of hydrogen-bond acceptors (Lipinski definition) is 9. The fourth-order valence-electron chi connectivity index (χ4n) is 5.65. The maximum Gasteiger partial charge on any atom is 0.253 e. The Balaban J connectivity index is 1.31. The Morgan fingerprint density at radius 2 is 2.16 bits per heavy atom. The van der Waals surface area contributed by atoms with E-state index in [1.54, 1.807) is 25.6 Å². The summed E-state index contributed by atoms with van der Waals surface area (Å²) in [6.07, 6.45) is 5.13. The number of hydrogen-bond donors (Lipinski definition) is 2. The molecular weight excluding hydrogens is 502 g/mol. The minimum absolute atomic E-state index is 0.137. The zero-order valence-electron chi connectivity index (χ0n) is 22.4. The minimum Gasteiger partial charge on any atom is -0.383 e. The number of fused-ring (bicyclic) bond motifs is 1. The van der Waals surface area contributed by atoms with Crippen LogP contribution in [0.3, 0.4) is 0 Å². The van der Waals surface area contributed by atoms with Crippen LogP contribution >= 0.6 is 11.3 Å². The number of morpholine rings is 1. The van der Waals surface area contributed by atoms with E-state index in [0.29, 0.717) is 42.2 Å². The highest BCUT2D eigenvalue weighted by molar-refractivity contribution is 7.13. The smallest absolute Gasteiger partial charge is 0.253 e. The average molecular weight is 542 g/mol. The van der Waals surface area contributed by atoms with Crippen molar-refractivity contribution in [3.63, 3.8) is 0 Å². The highest BCUT2D eigenvalue weighted by Crippen LogP contribution is 2.32. The van der Waals surface area contributed by atoms with Crippen LogP contribution in [0.25, 0.3) is 5.70 Å². The summed E-state index contributed by atoms with van der Waals surface area (Å²) in [5.74, 6) is -0.137. The molecule has 3 heterocycles. The molecule has 3 atom stereocenters. The summed E-state index contributed by atoms with van der Waals surface area (Å²) < 4.78 is 16.6. The van der Waals surface area contributed by atoms with Gasteiger partial charge < -0.3 is 29.7 Å². The van der Waals surface area contributed by atoms with Crippen LogP contribution in [0.5, 0.6) is 0 Å².